The highest BCUT2D eigenvalue weighted by molar-refractivity contribution is 6.32. The van der Waals surface area contributed by atoms with E-state index in [0.29, 0.717) is 40.3 Å². The maximum atomic E-state index is 12.8. The summed E-state index contributed by atoms with van der Waals surface area (Å²) < 4.78 is 4.61. The molecule has 0 aliphatic heterocycles. The van der Waals surface area contributed by atoms with E-state index in [1.54, 1.807) is 36.4 Å². The van der Waals surface area contributed by atoms with Gasteiger partial charge in [-0.3, -0.25) is 5.32 Å². The smallest absolute Gasteiger partial charge is 0.411 e. The van der Waals surface area contributed by atoms with Crippen molar-refractivity contribution >= 4 is 41.0 Å². The average molecular weight is 538 g/mol. The van der Waals surface area contributed by atoms with E-state index < -0.39 is 12.1 Å². The van der Waals surface area contributed by atoms with E-state index in [0.717, 1.165) is 16.7 Å². The lowest BCUT2D eigenvalue weighted by atomic mass is 10.1. The van der Waals surface area contributed by atoms with Gasteiger partial charge in [0.25, 0.3) is 0 Å². The number of carbonyl (C=O) groups excluding carboxylic acids is 2. The van der Waals surface area contributed by atoms with Crippen LogP contribution in [0.4, 0.5) is 15.3 Å². The molecule has 1 unspecified atom stereocenters. The van der Waals surface area contributed by atoms with Crippen LogP contribution in [0.2, 0.25) is 10.2 Å². The molecular weight excluding hydrogens is 513 g/mol. The highest BCUT2D eigenvalue weighted by Crippen LogP contribution is 2.29. The Kier molecular flexibility index (Phi) is 8.66. The Balaban J connectivity index is 1.52. The van der Waals surface area contributed by atoms with Gasteiger partial charge in [0.05, 0.1) is 13.2 Å². The standard InChI is InChI=1S/C27H25Cl2N5O3/c1-37-27(36)31-21-12-10-19(11-13-21)23-24(29)34-25(33-23)22(15-17-6-3-2-4-7-17)32-26(35)30-16-18-8-5-9-20(28)14-18/h2-14,22H,15-16H2,1H3,(H,31,36)(H,33,34)(H2,30,32,35). The number of carbonyl (C=O) groups is 2. The topological polar surface area (TPSA) is 108 Å². The Morgan fingerprint density at radius 2 is 1.70 bits per heavy atom. The van der Waals surface area contributed by atoms with Crippen LogP contribution in [-0.4, -0.2) is 29.2 Å². The molecule has 0 aliphatic rings. The minimum Gasteiger partial charge on any atom is -0.453 e. The van der Waals surface area contributed by atoms with Crippen LogP contribution in [-0.2, 0) is 17.7 Å². The molecule has 10 heteroatoms. The predicted molar refractivity (Wildman–Crippen MR) is 145 cm³/mol. The number of imidazole rings is 1. The van der Waals surface area contributed by atoms with Crippen molar-refractivity contribution in [1.29, 1.82) is 0 Å². The number of rotatable bonds is 8. The van der Waals surface area contributed by atoms with Gasteiger partial charge >= 0.3 is 12.1 Å². The first kappa shape index (κ1) is 26.1. The van der Waals surface area contributed by atoms with E-state index in [1.165, 1.54) is 7.11 Å². The van der Waals surface area contributed by atoms with Crippen molar-refractivity contribution in [2.45, 2.75) is 19.0 Å². The molecule has 3 aromatic carbocycles. The van der Waals surface area contributed by atoms with Crippen LogP contribution in [0.1, 0.15) is 23.0 Å². The van der Waals surface area contributed by atoms with Gasteiger partial charge in [-0.15, -0.1) is 0 Å². The van der Waals surface area contributed by atoms with Crippen LogP contribution >= 0.6 is 23.2 Å². The molecule has 37 heavy (non-hydrogen) atoms. The number of nitrogens with one attached hydrogen (secondary N) is 4. The lowest BCUT2D eigenvalue weighted by molar-refractivity contribution is 0.187. The Hall–Kier alpha value is -4.01. The van der Waals surface area contributed by atoms with E-state index in [4.69, 9.17) is 28.2 Å². The maximum Gasteiger partial charge on any atom is 0.411 e. The minimum atomic E-state index is -0.559. The molecule has 190 valence electrons. The summed E-state index contributed by atoms with van der Waals surface area (Å²) in [5.74, 6) is 0.513. The van der Waals surface area contributed by atoms with Crippen molar-refractivity contribution in [2.75, 3.05) is 12.4 Å². The van der Waals surface area contributed by atoms with Crippen molar-refractivity contribution < 1.29 is 14.3 Å². The quantitative estimate of drug-likeness (QED) is 0.210. The number of amides is 3. The van der Waals surface area contributed by atoms with Gasteiger partial charge in [-0.2, -0.15) is 0 Å². The molecule has 0 aliphatic carbocycles. The van der Waals surface area contributed by atoms with E-state index in [2.05, 4.69) is 25.7 Å². The number of nitrogens with zero attached hydrogens (tertiary/aromatic N) is 1. The minimum absolute atomic E-state index is 0.320. The van der Waals surface area contributed by atoms with Gasteiger partial charge in [-0.25, -0.2) is 14.6 Å². The van der Waals surface area contributed by atoms with E-state index >= 15 is 0 Å². The molecule has 1 atom stereocenters. The lowest BCUT2D eigenvalue weighted by Gasteiger charge is -2.17. The molecule has 1 aromatic heterocycles. The summed E-state index contributed by atoms with van der Waals surface area (Å²) in [6.07, 6.45) is -0.0623. The Bertz CT molecular complexity index is 1360. The highest BCUT2D eigenvalue weighted by atomic mass is 35.5. The first-order valence-electron chi connectivity index (χ1n) is 11.4. The number of ether oxygens (including phenoxy) is 1. The van der Waals surface area contributed by atoms with E-state index in [9.17, 15) is 9.59 Å². The zero-order chi connectivity index (χ0) is 26.2. The third-order valence-electron chi connectivity index (χ3n) is 5.53. The largest absolute Gasteiger partial charge is 0.453 e. The van der Waals surface area contributed by atoms with Crippen molar-refractivity contribution in [2.24, 2.45) is 0 Å². The number of halogens is 2. The normalized spacial score (nSPS) is 11.4. The fourth-order valence-electron chi connectivity index (χ4n) is 3.71. The molecule has 0 saturated carbocycles. The lowest BCUT2D eigenvalue weighted by Crippen LogP contribution is -2.38. The van der Waals surface area contributed by atoms with Gasteiger partial charge in [-0.05, 0) is 41.8 Å². The number of hydrogen-bond acceptors (Lipinski definition) is 4. The molecule has 0 radical (unpaired) electrons. The van der Waals surface area contributed by atoms with E-state index in [-0.39, 0.29) is 6.03 Å². The second-order valence-electron chi connectivity index (χ2n) is 8.18. The van der Waals surface area contributed by atoms with Crippen molar-refractivity contribution in [1.82, 2.24) is 20.6 Å². The zero-order valence-corrected chi connectivity index (χ0v) is 21.4. The van der Waals surface area contributed by atoms with Crippen molar-refractivity contribution in [3.8, 4) is 11.3 Å². The summed E-state index contributed by atoms with van der Waals surface area (Å²) >= 11 is 12.6. The molecule has 1 heterocycles. The third-order valence-corrected chi connectivity index (χ3v) is 6.04. The number of methoxy groups -OCH3 is 1. The van der Waals surface area contributed by atoms with Gasteiger partial charge in [0.2, 0.25) is 0 Å². The molecule has 0 bridgehead atoms. The second kappa shape index (κ2) is 12.3. The van der Waals surface area contributed by atoms with Gasteiger partial charge in [0.15, 0.2) is 0 Å². The van der Waals surface area contributed by atoms with Crippen LogP contribution in [0.5, 0.6) is 0 Å². The van der Waals surface area contributed by atoms with Crippen LogP contribution in [0.25, 0.3) is 11.3 Å². The molecule has 3 amide bonds. The Labute approximate surface area is 224 Å². The third kappa shape index (κ3) is 7.25. The monoisotopic (exact) mass is 537 g/mol. The number of aromatic amines is 1. The van der Waals surface area contributed by atoms with E-state index in [1.807, 2.05) is 42.5 Å². The molecule has 0 spiro atoms. The second-order valence-corrected chi connectivity index (χ2v) is 8.99. The summed E-state index contributed by atoms with van der Waals surface area (Å²) in [7, 11) is 1.30. The molecule has 4 rings (SSSR count). The number of anilines is 1. The predicted octanol–water partition coefficient (Wildman–Crippen LogP) is 6.35. The molecule has 4 aromatic rings. The first-order valence-corrected chi connectivity index (χ1v) is 12.2. The van der Waals surface area contributed by atoms with Crippen molar-refractivity contribution in [3.05, 3.63) is 106 Å². The summed E-state index contributed by atoms with van der Waals surface area (Å²) in [5.41, 5.74) is 3.75. The molecule has 0 fully saturated rings. The van der Waals surface area contributed by atoms with Gasteiger partial charge in [0.1, 0.15) is 16.7 Å². The van der Waals surface area contributed by atoms with Gasteiger partial charge in [0, 0.05) is 22.8 Å². The fourth-order valence-corrected chi connectivity index (χ4v) is 4.17. The van der Waals surface area contributed by atoms with Crippen LogP contribution in [0.3, 0.4) is 0 Å². The van der Waals surface area contributed by atoms with Crippen LogP contribution < -0.4 is 16.0 Å². The number of urea groups is 1. The summed E-state index contributed by atoms with van der Waals surface area (Å²) in [4.78, 5) is 32.1. The summed E-state index contributed by atoms with van der Waals surface area (Å²) in [5, 5.41) is 9.40. The van der Waals surface area contributed by atoms with Crippen LogP contribution in [0.15, 0.2) is 78.9 Å². The SMILES string of the molecule is COC(=O)Nc1ccc(-c2nc(C(Cc3ccccc3)NC(=O)NCc3cccc(Cl)c3)[nH]c2Cl)cc1. The number of aromatic nitrogens is 2. The van der Waals surface area contributed by atoms with Gasteiger partial charge < -0.3 is 20.4 Å². The highest BCUT2D eigenvalue weighted by Gasteiger charge is 2.21. The van der Waals surface area contributed by atoms with Crippen LogP contribution in [0, 0.1) is 0 Å². The first-order chi connectivity index (χ1) is 17.9. The molecule has 8 nitrogen and oxygen atoms in total. The maximum absolute atomic E-state index is 12.8. The fraction of sp³-hybridized carbons (Fsp3) is 0.148. The number of hydrogen-bond donors (Lipinski definition) is 4. The molecule has 4 N–H and O–H groups in total. The summed E-state index contributed by atoms with van der Waals surface area (Å²) in [6, 6.07) is 23.3. The van der Waals surface area contributed by atoms with Gasteiger partial charge in [-0.1, -0.05) is 77.8 Å². The molecular formula is C27H25Cl2N5O3. The average Bonchev–Trinajstić information content (AvgIpc) is 3.29. The number of H-pyrrole nitrogens is 1. The Morgan fingerprint density at radius 1 is 0.973 bits per heavy atom. The Morgan fingerprint density at radius 3 is 2.41 bits per heavy atom. The molecule has 0 saturated heterocycles. The number of benzene rings is 3. The zero-order valence-electron chi connectivity index (χ0n) is 19.9. The van der Waals surface area contributed by atoms with Crippen molar-refractivity contribution in [3.63, 3.8) is 0 Å². The summed E-state index contributed by atoms with van der Waals surface area (Å²) in [6.45, 7) is 0.320.